The second kappa shape index (κ2) is 17.1. The molecule has 2 aliphatic rings. The lowest BCUT2D eigenvalue weighted by Crippen LogP contribution is -2.47. The molecule has 0 aromatic carbocycles. The van der Waals surface area contributed by atoms with Crippen molar-refractivity contribution in [1.82, 2.24) is 39.6 Å². The minimum Gasteiger partial charge on any atom is -0.444 e. The first kappa shape index (κ1) is 35.0. The van der Waals surface area contributed by atoms with E-state index in [4.69, 9.17) is 9.47 Å². The van der Waals surface area contributed by atoms with Gasteiger partial charge in [-0.3, -0.25) is 4.68 Å². The van der Waals surface area contributed by atoms with Crippen molar-refractivity contribution in [3.8, 4) is 11.8 Å². The molecule has 45 heavy (non-hydrogen) atoms. The van der Waals surface area contributed by atoms with Crippen molar-refractivity contribution in [3.63, 3.8) is 0 Å². The number of aryl methyl sites for hydroxylation is 1. The Bertz CT molecular complexity index is 1380. The summed E-state index contributed by atoms with van der Waals surface area (Å²) in [6.07, 6.45) is 8.44. The van der Waals surface area contributed by atoms with Gasteiger partial charge in [0, 0.05) is 70.8 Å². The molecular weight excluding hydrogens is 574 g/mol. The Morgan fingerprint density at radius 2 is 1.56 bits per heavy atom. The number of piperazine rings is 1. The van der Waals surface area contributed by atoms with Gasteiger partial charge in [-0.1, -0.05) is 39.5 Å². The van der Waals surface area contributed by atoms with Crippen LogP contribution in [0.3, 0.4) is 0 Å². The molecule has 1 amide bonds. The molecule has 5 heterocycles. The number of anilines is 4. The molecule has 0 spiro atoms. The highest BCUT2D eigenvalue weighted by atomic mass is 16.6. The number of carbonyl (C=O) groups is 1. The van der Waals surface area contributed by atoms with Crippen LogP contribution in [0.1, 0.15) is 54.0 Å². The molecule has 1 N–H and O–H groups in total. The average Bonchev–Trinajstić information content (AvgIpc) is 3.45. The Kier molecular flexibility index (Phi) is 13.3. The van der Waals surface area contributed by atoms with Gasteiger partial charge in [0.2, 0.25) is 17.8 Å². The first-order valence-corrected chi connectivity index (χ1v) is 15.4. The maximum Gasteiger partial charge on any atom is 0.410 e. The summed E-state index contributed by atoms with van der Waals surface area (Å²) in [5, 5.41) is 7.28. The van der Waals surface area contributed by atoms with Crippen molar-refractivity contribution >= 4 is 29.6 Å². The van der Waals surface area contributed by atoms with E-state index in [1.54, 1.807) is 28.2 Å². The molecule has 14 nitrogen and oxygen atoms in total. The van der Waals surface area contributed by atoms with Gasteiger partial charge in [-0.15, -0.1) is 0 Å². The lowest BCUT2D eigenvalue weighted by Gasteiger charge is -2.34. The first-order chi connectivity index (χ1) is 21.6. The minimum atomic E-state index is -0.407. The third-order valence-electron chi connectivity index (χ3n) is 6.17. The van der Waals surface area contributed by atoms with E-state index in [-0.39, 0.29) is 6.09 Å². The fourth-order valence-electron chi connectivity index (χ4n) is 4.07. The summed E-state index contributed by atoms with van der Waals surface area (Å²) < 4.78 is 12.1. The quantitative estimate of drug-likeness (QED) is 0.424. The second-order valence-electron chi connectivity index (χ2n) is 11.4. The van der Waals surface area contributed by atoms with Crippen molar-refractivity contribution in [2.45, 2.75) is 54.1 Å². The van der Waals surface area contributed by atoms with Crippen molar-refractivity contribution in [3.05, 3.63) is 36.7 Å². The van der Waals surface area contributed by atoms with Crippen molar-refractivity contribution in [2.75, 3.05) is 67.6 Å². The predicted molar refractivity (Wildman–Crippen MR) is 174 cm³/mol. The molecule has 2 fully saturated rings. The van der Waals surface area contributed by atoms with Crippen molar-refractivity contribution in [1.29, 1.82) is 0 Å². The summed E-state index contributed by atoms with van der Waals surface area (Å²) in [4.78, 5) is 39.4. The van der Waals surface area contributed by atoms with Crippen LogP contribution in [-0.4, -0.2) is 104 Å². The molecule has 0 aliphatic carbocycles. The van der Waals surface area contributed by atoms with E-state index < -0.39 is 5.60 Å². The lowest BCUT2D eigenvalue weighted by atomic mass is 10.2. The molecule has 0 atom stereocenters. The van der Waals surface area contributed by atoms with Gasteiger partial charge >= 0.3 is 6.09 Å². The molecule has 244 valence electrons. The molecule has 0 unspecified atom stereocenters. The van der Waals surface area contributed by atoms with Crippen molar-refractivity contribution < 1.29 is 14.3 Å². The Balaban J connectivity index is 0.000000309. The largest absolute Gasteiger partial charge is 0.444 e. The average molecular weight is 622 g/mol. The fraction of sp³-hybridized carbons (Fsp3) is 0.581. The van der Waals surface area contributed by atoms with Crippen LogP contribution in [0.2, 0.25) is 0 Å². The standard InChI is InChI=1S/C20H24N10.C9H17NO3.C2H6/c1-15(2)4-5-16-10-21-19(22-11-16)29-6-8-30(9-7-29)20-24-14-23-18(27-20)26-17-12-25-28(3)13-17;1-9(2,3)13-8(11)10-4-6-12-7-5-10;1-2/h10-15H,6-9H2,1-3H3,(H,23,24,26,27);4-7H2,1-3H3;1-2H3. The summed E-state index contributed by atoms with van der Waals surface area (Å²) in [6.45, 7) is 19.3. The van der Waals surface area contributed by atoms with E-state index >= 15 is 0 Å². The normalized spacial score (nSPS) is 14.7. The number of amides is 1. The maximum absolute atomic E-state index is 11.5. The third kappa shape index (κ3) is 11.8. The monoisotopic (exact) mass is 621 g/mol. The molecule has 3 aromatic rings. The van der Waals surface area contributed by atoms with Crippen molar-refractivity contribution in [2.24, 2.45) is 13.0 Å². The van der Waals surface area contributed by atoms with Crippen LogP contribution in [0.5, 0.6) is 0 Å². The van der Waals surface area contributed by atoms with Crippen LogP contribution in [0, 0.1) is 17.8 Å². The van der Waals surface area contributed by atoms with Crippen LogP contribution in [0.25, 0.3) is 0 Å². The zero-order valence-electron chi connectivity index (χ0n) is 27.8. The summed E-state index contributed by atoms with van der Waals surface area (Å²) in [6, 6.07) is 0. The molecule has 0 radical (unpaired) electrons. The third-order valence-corrected chi connectivity index (χ3v) is 6.17. The predicted octanol–water partition coefficient (Wildman–Crippen LogP) is 3.75. The molecular formula is C31H47N11O3. The summed E-state index contributed by atoms with van der Waals surface area (Å²) >= 11 is 0. The van der Waals surface area contributed by atoms with Crippen LogP contribution >= 0.6 is 0 Å². The molecule has 0 bridgehead atoms. The van der Waals surface area contributed by atoms with Gasteiger partial charge in [0.05, 0.1) is 30.7 Å². The SMILES string of the molecule is CC.CC(C)(C)OC(=O)N1CCOCC1.CC(C)C#Cc1cnc(N2CCN(c3ncnc(Nc4cnn(C)c4)n3)CC2)nc1. The van der Waals surface area contributed by atoms with E-state index in [1.165, 1.54) is 6.33 Å². The number of nitrogens with zero attached hydrogens (tertiary/aromatic N) is 10. The zero-order valence-corrected chi connectivity index (χ0v) is 27.8. The van der Waals surface area contributed by atoms with Gasteiger partial charge in [-0.25, -0.2) is 24.7 Å². The van der Waals surface area contributed by atoms with Crippen LogP contribution in [-0.2, 0) is 16.5 Å². The smallest absolute Gasteiger partial charge is 0.410 e. The van der Waals surface area contributed by atoms with E-state index in [1.807, 2.05) is 47.9 Å². The molecule has 3 aromatic heterocycles. The molecule has 14 heteroatoms. The molecule has 5 rings (SSSR count). The molecule has 0 saturated carbocycles. The zero-order chi connectivity index (χ0) is 32.8. The van der Waals surface area contributed by atoms with Gasteiger partial charge < -0.3 is 29.5 Å². The second-order valence-corrected chi connectivity index (χ2v) is 11.4. The topological polar surface area (TPSA) is 140 Å². The van der Waals surface area contributed by atoms with Crippen LogP contribution in [0.4, 0.5) is 28.3 Å². The summed E-state index contributed by atoms with van der Waals surface area (Å²) in [7, 11) is 1.86. The van der Waals surface area contributed by atoms with Gasteiger partial charge in [0.25, 0.3) is 0 Å². The van der Waals surface area contributed by atoms with Gasteiger partial charge in [0.1, 0.15) is 11.9 Å². The Morgan fingerprint density at radius 3 is 2.11 bits per heavy atom. The number of nitrogens with one attached hydrogen (secondary N) is 1. The molecule has 2 saturated heterocycles. The van der Waals surface area contributed by atoms with E-state index in [9.17, 15) is 4.79 Å². The lowest BCUT2D eigenvalue weighted by molar-refractivity contribution is -0.00677. The number of morpholine rings is 1. The maximum atomic E-state index is 11.5. The summed E-state index contributed by atoms with van der Waals surface area (Å²) in [5.41, 5.74) is 1.26. The number of aromatic nitrogens is 7. The number of hydrogen-bond acceptors (Lipinski definition) is 12. The van der Waals surface area contributed by atoms with E-state index in [2.05, 4.69) is 70.8 Å². The minimum absolute atomic E-state index is 0.240. The Hall–Kier alpha value is -4.51. The highest BCUT2D eigenvalue weighted by Crippen LogP contribution is 2.17. The Morgan fingerprint density at radius 1 is 0.933 bits per heavy atom. The highest BCUT2D eigenvalue weighted by molar-refractivity contribution is 5.68. The Labute approximate surface area is 266 Å². The van der Waals surface area contributed by atoms with Gasteiger partial charge in [-0.05, 0) is 20.8 Å². The summed E-state index contributed by atoms with van der Waals surface area (Å²) in [5.74, 6) is 8.41. The molecule has 2 aliphatic heterocycles. The number of ether oxygens (including phenoxy) is 2. The van der Waals surface area contributed by atoms with Gasteiger partial charge in [0.15, 0.2) is 0 Å². The number of hydrogen-bond donors (Lipinski definition) is 1. The fourth-order valence-corrected chi connectivity index (χ4v) is 4.07. The number of carbonyl (C=O) groups excluding carboxylic acids is 1. The van der Waals surface area contributed by atoms with E-state index in [0.29, 0.717) is 44.1 Å². The van der Waals surface area contributed by atoms with Gasteiger partial charge in [-0.2, -0.15) is 10.1 Å². The highest BCUT2D eigenvalue weighted by Gasteiger charge is 2.23. The number of rotatable bonds is 4. The van der Waals surface area contributed by atoms with Crippen LogP contribution in [0.15, 0.2) is 31.1 Å². The van der Waals surface area contributed by atoms with E-state index in [0.717, 1.165) is 43.4 Å². The van der Waals surface area contributed by atoms with Crippen LogP contribution < -0.4 is 15.1 Å². The first-order valence-electron chi connectivity index (χ1n) is 15.4.